The van der Waals surface area contributed by atoms with Gasteiger partial charge >= 0.3 is 11.9 Å². The Morgan fingerprint density at radius 1 is 0.600 bits per heavy atom. The van der Waals surface area contributed by atoms with Gasteiger partial charge in [0.2, 0.25) is 0 Å². The fourth-order valence-electron chi connectivity index (χ4n) is 8.26. The van der Waals surface area contributed by atoms with Gasteiger partial charge in [0.15, 0.2) is 5.78 Å². The van der Waals surface area contributed by atoms with E-state index in [1.54, 1.807) is 36.4 Å². The molecular formula is C51H53N5O9. The summed E-state index contributed by atoms with van der Waals surface area (Å²) in [5, 5.41) is 12.2. The van der Waals surface area contributed by atoms with E-state index in [2.05, 4.69) is 56.3 Å². The van der Waals surface area contributed by atoms with Gasteiger partial charge in [0, 0.05) is 98.9 Å². The molecule has 5 aromatic rings. The number of nitrogens with one attached hydrogen (secondary N) is 1. The average Bonchev–Trinajstić information content (AvgIpc) is 3.67. The predicted molar refractivity (Wildman–Crippen MR) is 247 cm³/mol. The molecule has 5 aliphatic heterocycles. The summed E-state index contributed by atoms with van der Waals surface area (Å²) in [7, 11) is 2.76. The number of para-hydroxylation sites is 2. The Morgan fingerprint density at radius 3 is 1.57 bits per heavy atom. The molecule has 10 rings (SSSR count). The van der Waals surface area contributed by atoms with Gasteiger partial charge < -0.3 is 34.1 Å². The fourth-order valence-corrected chi connectivity index (χ4v) is 8.26. The van der Waals surface area contributed by atoms with Gasteiger partial charge in [0.25, 0.3) is 0 Å². The van der Waals surface area contributed by atoms with Crippen molar-refractivity contribution in [3.63, 3.8) is 0 Å². The standard InChI is InChI=1S/2C20H20N2O3.C11H13NO3/c1-24-20(23)15-6-7-16-12-22(8-9-25-19(16)11-15)13-17-10-14-4-2-3-5-18(14)21-17;23-13-19(24)15-5-6-16-11-22(7-8-25-20(16)10-15)12-17-9-14-3-1-2-4-18(14)21-17;1-14-11(13)8-2-3-9-7-12-4-5-15-10(9)6-8/h2-7,11H,8-10,12-13H2,1H3;1-6,10,23H,7-9,11-13H2;2-3,6,12H,4-5,7H2,1H3. The molecule has 65 heavy (non-hydrogen) atoms. The number of ketones is 1. The van der Waals surface area contributed by atoms with Crippen molar-refractivity contribution < 1.29 is 43.2 Å². The van der Waals surface area contributed by atoms with Gasteiger partial charge in [0.1, 0.15) is 43.7 Å². The predicted octanol–water partition coefficient (Wildman–Crippen LogP) is 6.34. The molecule has 5 heterocycles. The number of benzene rings is 5. The summed E-state index contributed by atoms with van der Waals surface area (Å²) in [6.07, 6.45) is 1.83. The number of aliphatic hydroxyl groups is 1. The Bertz CT molecular complexity index is 2470. The van der Waals surface area contributed by atoms with E-state index in [9.17, 15) is 14.4 Å². The Labute approximate surface area is 378 Å². The van der Waals surface area contributed by atoms with Gasteiger partial charge in [-0.3, -0.25) is 24.6 Å². The summed E-state index contributed by atoms with van der Waals surface area (Å²) < 4.78 is 26.6. The normalized spacial score (nSPS) is 16.0. The van der Waals surface area contributed by atoms with Crippen LogP contribution >= 0.6 is 0 Å². The van der Waals surface area contributed by atoms with Crippen LogP contribution in [0.25, 0.3) is 0 Å². The lowest BCUT2D eigenvalue weighted by atomic mass is 10.1. The van der Waals surface area contributed by atoms with E-state index in [1.807, 2.05) is 30.3 Å². The van der Waals surface area contributed by atoms with E-state index in [-0.39, 0.29) is 17.7 Å². The Kier molecular flexibility index (Phi) is 14.7. The quantitative estimate of drug-likeness (QED) is 0.132. The number of rotatable bonds is 8. The molecule has 0 radical (unpaired) electrons. The first-order valence-corrected chi connectivity index (χ1v) is 21.8. The molecule has 0 aliphatic carbocycles. The van der Waals surface area contributed by atoms with Gasteiger partial charge in [-0.25, -0.2) is 9.59 Å². The van der Waals surface area contributed by atoms with Gasteiger partial charge in [-0.2, -0.15) is 0 Å². The summed E-state index contributed by atoms with van der Waals surface area (Å²) in [4.78, 5) is 48.8. The minimum Gasteiger partial charge on any atom is -0.492 e. The summed E-state index contributed by atoms with van der Waals surface area (Å²) in [5.41, 5.74) is 11.9. The van der Waals surface area contributed by atoms with Crippen LogP contribution in [0.5, 0.6) is 17.2 Å². The van der Waals surface area contributed by atoms with E-state index in [4.69, 9.17) is 34.0 Å². The van der Waals surface area contributed by atoms with Gasteiger partial charge in [-0.1, -0.05) is 60.7 Å². The van der Waals surface area contributed by atoms with Crippen molar-refractivity contribution in [2.75, 3.05) is 73.4 Å². The van der Waals surface area contributed by atoms with Crippen molar-refractivity contribution in [2.24, 2.45) is 9.98 Å². The molecule has 0 atom stereocenters. The number of carbonyl (C=O) groups excluding carboxylic acids is 3. The first-order chi connectivity index (χ1) is 31.8. The monoisotopic (exact) mass is 879 g/mol. The number of nitrogens with zero attached hydrogens (tertiary/aromatic N) is 4. The zero-order valence-corrected chi connectivity index (χ0v) is 36.7. The highest BCUT2D eigenvalue weighted by molar-refractivity contribution is 5.98. The number of hydrogen-bond donors (Lipinski definition) is 2. The maximum absolute atomic E-state index is 11.7. The number of Topliss-reactive ketones (excluding diaryl/α,β-unsaturated/α-hetero) is 1. The molecule has 14 heteroatoms. The Morgan fingerprint density at radius 2 is 1.06 bits per heavy atom. The Balaban J connectivity index is 0.000000138. The highest BCUT2D eigenvalue weighted by Gasteiger charge is 2.23. The third-order valence-electron chi connectivity index (χ3n) is 11.6. The molecule has 14 nitrogen and oxygen atoms in total. The van der Waals surface area contributed by atoms with Crippen LogP contribution in [0.4, 0.5) is 11.4 Å². The minimum absolute atomic E-state index is 0.287. The number of hydrogen-bond acceptors (Lipinski definition) is 14. The van der Waals surface area contributed by atoms with Crippen molar-refractivity contribution >= 4 is 40.5 Å². The van der Waals surface area contributed by atoms with Crippen LogP contribution < -0.4 is 19.5 Å². The zero-order valence-electron chi connectivity index (χ0n) is 36.7. The van der Waals surface area contributed by atoms with Crippen LogP contribution in [-0.4, -0.2) is 117 Å². The lowest BCUT2D eigenvalue weighted by Gasteiger charge is -2.19. The number of ether oxygens (including phenoxy) is 5. The smallest absolute Gasteiger partial charge is 0.337 e. The SMILES string of the molecule is COC(=O)c1ccc2c(c1)OCCN(CC1=Nc3ccccc3C1)C2.COC(=O)c1ccc2c(c1)OCCNC2.O=C(CO)c1ccc2c(c1)OCCN(CC1=Nc3ccccc3C1)C2. The molecule has 2 N–H and O–H groups in total. The maximum Gasteiger partial charge on any atom is 0.337 e. The Hall–Kier alpha value is -6.71. The average molecular weight is 880 g/mol. The molecule has 0 saturated heterocycles. The summed E-state index contributed by atoms with van der Waals surface area (Å²) in [5.74, 6) is 1.30. The molecule has 5 aliphatic rings. The van der Waals surface area contributed by atoms with Crippen molar-refractivity contribution in [1.82, 2.24) is 15.1 Å². The van der Waals surface area contributed by atoms with Crippen LogP contribution in [0.2, 0.25) is 0 Å². The van der Waals surface area contributed by atoms with Crippen molar-refractivity contribution in [3.8, 4) is 17.2 Å². The van der Waals surface area contributed by atoms with E-state index in [0.29, 0.717) is 36.5 Å². The molecule has 0 amide bonds. The molecule has 0 aromatic heterocycles. The summed E-state index contributed by atoms with van der Waals surface area (Å²) >= 11 is 0. The van der Waals surface area contributed by atoms with Crippen LogP contribution in [0, 0.1) is 0 Å². The minimum atomic E-state index is -0.481. The molecule has 0 saturated carbocycles. The summed E-state index contributed by atoms with van der Waals surface area (Å²) in [6.45, 7) is 7.74. The van der Waals surface area contributed by atoms with Crippen LogP contribution in [0.3, 0.4) is 0 Å². The maximum atomic E-state index is 11.7. The number of aliphatic imine (C=N–C) groups is 2. The third kappa shape index (κ3) is 11.3. The number of fused-ring (bicyclic) bond motifs is 5. The number of methoxy groups -OCH3 is 2. The molecule has 0 unspecified atom stereocenters. The number of carbonyl (C=O) groups is 3. The lowest BCUT2D eigenvalue weighted by molar-refractivity contribution is 0.0591. The van der Waals surface area contributed by atoms with Crippen LogP contribution in [0.1, 0.15) is 58.9 Å². The van der Waals surface area contributed by atoms with Crippen molar-refractivity contribution in [1.29, 1.82) is 0 Å². The second-order valence-electron chi connectivity index (χ2n) is 16.1. The topological polar surface area (TPSA) is 161 Å². The van der Waals surface area contributed by atoms with Gasteiger partial charge in [-0.05, 0) is 53.6 Å². The molecule has 0 fully saturated rings. The second kappa shape index (κ2) is 21.3. The van der Waals surface area contributed by atoms with Gasteiger partial charge in [0.05, 0.1) is 36.7 Å². The van der Waals surface area contributed by atoms with E-state index in [0.717, 1.165) is 111 Å². The number of esters is 2. The summed E-state index contributed by atoms with van der Waals surface area (Å²) in [6, 6.07) is 32.9. The molecule has 0 bridgehead atoms. The highest BCUT2D eigenvalue weighted by atomic mass is 16.5. The first kappa shape index (κ1) is 44.9. The van der Waals surface area contributed by atoms with E-state index >= 15 is 0 Å². The van der Waals surface area contributed by atoms with Crippen LogP contribution in [0.15, 0.2) is 113 Å². The highest BCUT2D eigenvalue weighted by Crippen LogP contribution is 2.30. The van der Waals surface area contributed by atoms with E-state index < -0.39 is 6.61 Å². The zero-order chi connectivity index (χ0) is 45.1. The van der Waals surface area contributed by atoms with Crippen LogP contribution in [-0.2, 0) is 41.9 Å². The fraction of sp³-hybridized carbons (Fsp3) is 0.314. The second-order valence-corrected chi connectivity index (χ2v) is 16.1. The number of aliphatic hydroxyl groups excluding tert-OH is 1. The molecule has 336 valence electrons. The lowest BCUT2D eigenvalue weighted by Crippen LogP contribution is -2.31. The van der Waals surface area contributed by atoms with Gasteiger partial charge in [-0.15, -0.1) is 0 Å². The van der Waals surface area contributed by atoms with Crippen molar-refractivity contribution in [3.05, 3.63) is 148 Å². The largest absolute Gasteiger partial charge is 0.492 e. The molecule has 5 aromatic carbocycles. The molecule has 0 spiro atoms. The van der Waals surface area contributed by atoms with E-state index in [1.165, 1.54) is 36.8 Å². The van der Waals surface area contributed by atoms with Crippen molar-refractivity contribution in [2.45, 2.75) is 32.5 Å². The third-order valence-corrected chi connectivity index (χ3v) is 11.6. The first-order valence-electron chi connectivity index (χ1n) is 21.8. The molecular weight excluding hydrogens is 827 g/mol.